The van der Waals surface area contributed by atoms with E-state index in [1.165, 1.54) is 0 Å². The zero-order chi connectivity index (χ0) is 23.1. The molecule has 0 fully saturated rings. The molecule has 0 radical (unpaired) electrons. The van der Waals surface area contributed by atoms with Gasteiger partial charge in [0.1, 0.15) is 11.5 Å². The minimum atomic E-state index is -3.57. The minimum Gasteiger partial charge on any atom is -0.491 e. The maximum Gasteiger partial charge on any atom is 0.227 e. The van der Waals surface area contributed by atoms with E-state index < -0.39 is 9.84 Å². The smallest absolute Gasteiger partial charge is 0.227 e. The van der Waals surface area contributed by atoms with Gasteiger partial charge in [-0.25, -0.2) is 8.42 Å². The fourth-order valence-corrected chi connectivity index (χ4v) is 4.09. The summed E-state index contributed by atoms with van der Waals surface area (Å²) in [5.74, 6) is 0.558. The molecule has 0 aliphatic heterocycles. The lowest BCUT2D eigenvalue weighted by atomic mass is 10.2. The maximum atomic E-state index is 12.5. The van der Waals surface area contributed by atoms with Crippen molar-refractivity contribution in [3.05, 3.63) is 71.4 Å². The lowest BCUT2D eigenvalue weighted by molar-refractivity contribution is -0.121. The molecule has 170 valence electrons. The third kappa shape index (κ3) is 6.91. The number of hydrogen-bond acceptors (Lipinski definition) is 7. The second-order valence-corrected chi connectivity index (χ2v) is 9.75. The summed E-state index contributed by atoms with van der Waals surface area (Å²) in [5.41, 5.74) is 1.93. The third-order valence-electron chi connectivity index (χ3n) is 4.56. The van der Waals surface area contributed by atoms with Crippen LogP contribution in [0.4, 0.5) is 0 Å². The van der Waals surface area contributed by atoms with Gasteiger partial charge in [-0.3, -0.25) is 4.79 Å². The summed E-state index contributed by atoms with van der Waals surface area (Å²) in [6.45, 7) is 6.20. The average Bonchev–Trinajstić information content (AvgIpc) is 3.18. The van der Waals surface area contributed by atoms with Crippen molar-refractivity contribution in [2.24, 2.45) is 0 Å². The molecule has 8 nitrogen and oxygen atoms in total. The van der Waals surface area contributed by atoms with Gasteiger partial charge >= 0.3 is 0 Å². The first-order valence-electron chi connectivity index (χ1n) is 10.3. The van der Waals surface area contributed by atoms with E-state index in [1.54, 1.807) is 24.3 Å². The predicted molar refractivity (Wildman–Crippen MR) is 119 cm³/mol. The Bertz CT molecular complexity index is 1140. The highest BCUT2D eigenvalue weighted by Crippen LogP contribution is 2.16. The van der Waals surface area contributed by atoms with Gasteiger partial charge in [-0.2, -0.15) is 4.98 Å². The summed E-state index contributed by atoms with van der Waals surface area (Å²) in [6.07, 6.45) is 0.486. The molecule has 1 aromatic heterocycles. The maximum absolute atomic E-state index is 12.5. The zero-order valence-electron chi connectivity index (χ0n) is 18.4. The number of benzene rings is 2. The van der Waals surface area contributed by atoms with Gasteiger partial charge in [0.05, 0.1) is 11.0 Å². The molecule has 3 rings (SSSR count). The van der Waals surface area contributed by atoms with Crippen LogP contribution >= 0.6 is 0 Å². The lowest BCUT2D eigenvalue weighted by Crippen LogP contribution is -2.23. The van der Waals surface area contributed by atoms with Crippen molar-refractivity contribution in [3.63, 3.8) is 0 Å². The van der Waals surface area contributed by atoms with Crippen molar-refractivity contribution < 1.29 is 22.5 Å². The molecule has 0 unspecified atom stereocenters. The van der Waals surface area contributed by atoms with Gasteiger partial charge in [-0.15, -0.1) is 0 Å². The SMILES string of the molecule is Cc1ccc(S(=O)(=O)Cc2noc(CCC(=O)NCc3ccc(OC(C)C)cc3)n2)cc1. The Hall–Kier alpha value is -3.20. The average molecular weight is 458 g/mol. The largest absolute Gasteiger partial charge is 0.491 e. The van der Waals surface area contributed by atoms with E-state index in [9.17, 15) is 13.2 Å². The number of ether oxygens (including phenoxy) is 1. The van der Waals surface area contributed by atoms with Crippen molar-refractivity contribution in [3.8, 4) is 5.75 Å². The zero-order valence-corrected chi connectivity index (χ0v) is 19.2. The number of aryl methyl sites for hydroxylation is 2. The highest BCUT2D eigenvalue weighted by Gasteiger charge is 2.19. The number of rotatable bonds is 10. The molecule has 9 heteroatoms. The molecule has 0 saturated heterocycles. The van der Waals surface area contributed by atoms with Crippen molar-refractivity contribution in [2.45, 2.75) is 56.9 Å². The molecule has 32 heavy (non-hydrogen) atoms. The van der Waals surface area contributed by atoms with Crippen molar-refractivity contribution in [1.82, 2.24) is 15.5 Å². The van der Waals surface area contributed by atoms with Gasteiger partial charge in [0.15, 0.2) is 15.7 Å². The summed E-state index contributed by atoms with van der Waals surface area (Å²) < 4.78 is 35.7. The first kappa shape index (κ1) is 23.5. The predicted octanol–water partition coefficient (Wildman–Crippen LogP) is 3.39. The molecule has 0 bridgehead atoms. The van der Waals surface area contributed by atoms with Crippen LogP contribution < -0.4 is 10.1 Å². The molecule has 1 N–H and O–H groups in total. The Morgan fingerprint density at radius 3 is 2.44 bits per heavy atom. The first-order chi connectivity index (χ1) is 15.2. The number of hydrogen-bond donors (Lipinski definition) is 1. The van der Waals surface area contributed by atoms with E-state index >= 15 is 0 Å². The number of carbonyl (C=O) groups is 1. The standard InChI is InChI=1S/C23H27N3O5S/c1-16(2)30-19-8-6-18(7-9-19)14-24-22(27)12-13-23-25-21(26-31-23)15-32(28,29)20-10-4-17(3)5-11-20/h4-11,16H,12-15H2,1-3H3,(H,24,27). The van der Waals surface area contributed by atoms with Gasteiger partial charge < -0.3 is 14.6 Å². The van der Waals surface area contributed by atoms with E-state index in [0.717, 1.165) is 16.9 Å². The number of sulfone groups is 1. The topological polar surface area (TPSA) is 111 Å². The van der Waals surface area contributed by atoms with Crippen LogP contribution in [0.5, 0.6) is 5.75 Å². The molecule has 0 aliphatic carbocycles. The molecule has 0 aliphatic rings. The van der Waals surface area contributed by atoms with Crippen LogP contribution in [-0.2, 0) is 33.4 Å². The summed E-state index contributed by atoms with van der Waals surface area (Å²) in [4.78, 5) is 16.4. The van der Waals surface area contributed by atoms with Crippen LogP contribution in [0.1, 0.15) is 43.1 Å². The molecule has 1 amide bonds. The molecule has 1 heterocycles. The van der Waals surface area contributed by atoms with Crippen LogP contribution in [0.2, 0.25) is 0 Å². The molecule has 0 atom stereocenters. The summed E-state index contributed by atoms with van der Waals surface area (Å²) >= 11 is 0. The Kier molecular flexibility index (Phi) is 7.63. The monoisotopic (exact) mass is 457 g/mol. The van der Waals surface area contributed by atoms with Gasteiger partial charge in [0.25, 0.3) is 0 Å². The second kappa shape index (κ2) is 10.4. The highest BCUT2D eigenvalue weighted by atomic mass is 32.2. The van der Waals surface area contributed by atoms with Crippen molar-refractivity contribution in [1.29, 1.82) is 0 Å². The van der Waals surface area contributed by atoms with Crippen LogP contribution in [0.15, 0.2) is 57.9 Å². The van der Waals surface area contributed by atoms with Crippen LogP contribution in [0, 0.1) is 6.92 Å². The Morgan fingerprint density at radius 1 is 1.09 bits per heavy atom. The van der Waals surface area contributed by atoms with Gasteiger partial charge in [-0.1, -0.05) is 35.0 Å². The first-order valence-corrected chi connectivity index (χ1v) is 12.0. The fraction of sp³-hybridized carbons (Fsp3) is 0.348. The minimum absolute atomic E-state index is 0.0738. The highest BCUT2D eigenvalue weighted by molar-refractivity contribution is 7.90. The lowest BCUT2D eigenvalue weighted by Gasteiger charge is -2.10. The van der Waals surface area contributed by atoms with Gasteiger partial charge in [0.2, 0.25) is 11.8 Å². The fourth-order valence-electron chi connectivity index (χ4n) is 2.92. The molecule has 2 aromatic carbocycles. The van der Waals surface area contributed by atoms with E-state index in [4.69, 9.17) is 9.26 Å². The molecular formula is C23H27N3O5S. The van der Waals surface area contributed by atoms with E-state index in [0.29, 0.717) is 6.54 Å². The van der Waals surface area contributed by atoms with Crippen LogP contribution in [-0.4, -0.2) is 30.6 Å². The quantitative estimate of drug-likeness (QED) is 0.497. The molecule has 0 saturated carbocycles. The van der Waals surface area contributed by atoms with E-state index in [-0.39, 0.29) is 47.2 Å². The Morgan fingerprint density at radius 2 is 1.78 bits per heavy atom. The summed E-state index contributed by atoms with van der Waals surface area (Å²) in [7, 11) is -3.57. The van der Waals surface area contributed by atoms with Crippen LogP contribution in [0.3, 0.4) is 0 Å². The van der Waals surface area contributed by atoms with E-state index in [2.05, 4.69) is 15.5 Å². The third-order valence-corrected chi connectivity index (χ3v) is 6.19. The normalized spacial score (nSPS) is 11.5. The Labute approximate surface area is 187 Å². The van der Waals surface area contributed by atoms with Crippen molar-refractivity contribution >= 4 is 15.7 Å². The number of nitrogens with one attached hydrogen (secondary N) is 1. The Balaban J connectivity index is 1.46. The van der Waals surface area contributed by atoms with Crippen molar-refractivity contribution in [2.75, 3.05) is 0 Å². The number of nitrogens with zero attached hydrogens (tertiary/aromatic N) is 2. The number of amides is 1. The van der Waals surface area contributed by atoms with Gasteiger partial charge in [-0.05, 0) is 50.6 Å². The molecular weight excluding hydrogens is 430 g/mol. The molecule has 3 aromatic rings. The number of carbonyl (C=O) groups excluding carboxylic acids is 1. The number of aromatic nitrogens is 2. The van der Waals surface area contributed by atoms with Crippen LogP contribution in [0.25, 0.3) is 0 Å². The second-order valence-electron chi connectivity index (χ2n) is 7.76. The van der Waals surface area contributed by atoms with E-state index in [1.807, 2.05) is 45.0 Å². The summed E-state index contributed by atoms with van der Waals surface area (Å²) in [6, 6.07) is 14.1. The molecule has 0 spiro atoms. The van der Waals surface area contributed by atoms with Gasteiger partial charge in [0, 0.05) is 19.4 Å². The summed E-state index contributed by atoms with van der Waals surface area (Å²) in [5, 5.41) is 6.57.